The molecule has 0 saturated heterocycles. The van der Waals surface area contributed by atoms with E-state index in [1.807, 2.05) is 0 Å². The molecule has 0 fully saturated rings. The second-order valence-electron chi connectivity index (χ2n) is 5.00. The molecule has 20 heavy (non-hydrogen) atoms. The third-order valence-electron chi connectivity index (χ3n) is 2.73. The third-order valence-corrected chi connectivity index (χ3v) is 4.42. The summed E-state index contributed by atoms with van der Waals surface area (Å²) in [5.41, 5.74) is -0.624. The number of nitriles is 1. The molecule has 0 aliphatic carbocycles. The van der Waals surface area contributed by atoms with Gasteiger partial charge in [-0.1, -0.05) is 0 Å². The second kappa shape index (κ2) is 5.19. The Morgan fingerprint density at radius 1 is 1.30 bits per heavy atom. The van der Waals surface area contributed by atoms with Crippen molar-refractivity contribution in [3.63, 3.8) is 0 Å². The summed E-state index contributed by atoms with van der Waals surface area (Å²) in [6.07, 6.45) is 0. The molecule has 1 aromatic rings. The zero-order valence-corrected chi connectivity index (χ0v) is 12.4. The molecule has 0 unspecified atom stereocenters. The number of nitro groups is 1. The Kier molecular flexibility index (Phi) is 4.17. The van der Waals surface area contributed by atoms with Crippen LogP contribution in [0.25, 0.3) is 0 Å². The van der Waals surface area contributed by atoms with E-state index in [2.05, 4.69) is 4.72 Å². The Bertz CT molecular complexity index is 702. The minimum Gasteiger partial charge on any atom is -0.258 e. The van der Waals surface area contributed by atoms with E-state index in [1.165, 1.54) is 26.0 Å². The molecule has 108 valence electrons. The predicted molar refractivity (Wildman–Crippen MR) is 72.6 cm³/mol. The fourth-order valence-electron chi connectivity index (χ4n) is 1.55. The largest absolute Gasteiger partial charge is 0.289 e. The molecule has 8 heteroatoms. The molecular formula is C12H15N3O4S. The van der Waals surface area contributed by atoms with Crippen molar-refractivity contribution in [3.05, 3.63) is 33.4 Å². The molecule has 1 rings (SSSR count). The van der Waals surface area contributed by atoms with E-state index >= 15 is 0 Å². The topological polar surface area (TPSA) is 113 Å². The van der Waals surface area contributed by atoms with Gasteiger partial charge in [-0.15, -0.1) is 0 Å². The Hall–Kier alpha value is -1.98. The van der Waals surface area contributed by atoms with Crippen LogP contribution in [-0.4, -0.2) is 18.9 Å². The number of nitrogens with zero attached hydrogens (tertiary/aromatic N) is 2. The second-order valence-corrected chi connectivity index (χ2v) is 6.65. The molecule has 1 N–H and O–H groups in total. The van der Waals surface area contributed by atoms with Crippen LogP contribution in [0.5, 0.6) is 0 Å². The number of aryl methyl sites for hydroxylation is 2. The molecule has 0 aliphatic rings. The third kappa shape index (κ3) is 3.31. The SMILES string of the molecule is Cc1cc([N+](=O)[O-])c(S(=O)(=O)NC(C)(C)C#N)cc1C. The van der Waals surface area contributed by atoms with E-state index in [4.69, 9.17) is 5.26 Å². The van der Waals surface area contributed by atoms with E-state index in [-0.39, 0.29) is 0 Å². The van der Waals surface area contributed by atoms with Crippen LogP contribution in [0.1, 0.15) is 25.0 Å². The van der Waals surface area contributed by atoms with Crippen LogP contribution >= 0.6 is 0 Å². The van der Waals surface area contributed by atoms with E-state index in [0.29, 0.717) is 11.1 Å². The Morgan fingerprint density at radius 2 is 1.80 bits per heavy atom. The fraction of sp³-hybridized carbons (Fsp3) is 0.417. The van der Waals surface area contributed by atoms with Crippen molar-refractivity contribution in [2.75, 3.05) is 0 Å². The van der Waals surface area contributed by atoms with Crippen LogP contribution in [0, 0.1) is 35.3 Å². The molecule has 0 spiro atoms. The maximum absolute atomic E-state index is 12.2. The highest BCUT2D eigenvalue weighted by atomic mass is 32.2. The molecule has 0 heterocycles. The molecule has 7 nitrogen and oxygen atoms in total. The van der Waals surface area contributed by atoms with E-state index < -0.39 is 31.1 Å². The van der Waals surface area contributed by atoms with Crippen molar-refractivity contribution < 1.29 is 13.3 Å². The molecule has 0 bridgehead atoms. The smallest absolute Gasteiger partial charge is 0.258 e. The summed E-state index contributed by atoms with van der Waals surface area (Å²) in [6.45, 7) is 6.06. The highest BCUT2D eigenvalue weighted by molar-refractivity contribution is 7.89. The van der Waals surface area contributed by atoms with Crippen molar-refractivity contribution in [1.82, 2.24) is 4.72 Å². The first-order valence-corrected chi connectivity index (χ1v) is 7.19. The van der Waals surface area contributed by atoms with Crippen LogP contribution in [0.4, 0.5) is 5.69 Å². The van der Waals surface area contributed by atoms with Crippen LogP contribution < -0.4 is 4.72 Å². The lowest BCUT2D eigenvalue weighted by Crippen LogP contribution is -2.42. The van der Waals surface area contributed by atoms with Gasteiger partial charge >= 0.3 is 0 Å². The van der Waals surface area contributed by atoms with Crippen molar-refractivity contribution >= 4 is 15.7 Å². The van der Waals surface area contributed by atoms with E-state index in [9.17, 15) is 18.5 Å². The Morgan fingerprint density at radius 3 is 2.25 bits per heavy atom. The number of sulfonamides is 1. The fourth-order valence-corrected chi connectivity index (χ4v) is 3.11. The zero-order valence-electron chi connectivity index (χ0n) is 11.6. The summed E-state index contributed by atoms with van der Waals surface area (Å²) in [6, 6.07) is 4.23. The monoisotopic (exact) mass is 297 g/mol. The minimum atomic E-state index is -4.16. The van der Waals surface area contributed by atoms with Gasteiger partial charge in [0.1, 0.15) is 5.54 Å². The van der Waals surface area contributed by atoms with Gasteiger partial charge in [-0.05, 0) is 44.9 Å². The molecule has 0 atom stereocenters. The lowest BCUT2D eigenvalue weighted by molar-refractivity contribution is -0.387. The molecule has 0 saturated carbocycles. The lowest BCUT2D eigenvalue weighted by Gasteiger charge is -2.18. The van der Waals surface area contributed by atoms with Gasteiger partial charge in [-0.25, -0.2) is 8.42 Å². The zero-order chi connectivity index (χ0) is 15.7. The maximum atomic E-state index is 12.2. The molecular weight excluding hydrogens is 282 g/mol. The molecule has 0 aromatic heterocycles. The van der Waals surface area contributed by atoms with Gasteiger partial charge in [0, 0.05) is 6.07 Å². The van der Waals surface area contributed by atoms with E-state index in [0.717, 1.165) is 0 Å². The molecule has 0 aliphatic heterocycles. The van der Waals surface area contributed by atoms with E-state index in [1.54, 1.807) is 19.9 Å². The van der Waals surface area contributed by atoms with Gasteiger partial charge in [0.05, 0.1) is 11.0 Å². The summed E-state index contributed by atoms with van der Waals surface area (Å²) >= 11 is 0. The summed E-state index contributed by atoms with van der Waals surface area (Å²) < 4.78 is 26.6. The highest BCUT2D eigenvalue weighted by Gasteiger charge is 2.32. The first-order valence-electron chi connectivity index (χ1n) is 5.71. The van der Waals surface area contributed by atoms with Gasteiger partial charge in [-0.3, -0.25) is 10.1 Å². The van der Waals surface area contributed by atoms with Crippen molar-refractivity contribution in [1.29, 1.82) is 5.26 Å². The summed E-state index contributed by atoms with van der Waals surface area (Å²) in [5.74, 6) is 0. The number of benzene rings is 1. The van der Waals surface area contributed by atoms with Crippen molar-refractivity contribution in [2.24, 2.45) is 0 Å². The first-order chi connectivity index (χ1) is 9.00. The van der Waals surface area contributed by atoms with Crippen LogP contribution in [0.15, 0.2) is 17.0 Å². The average Bonchev–Trinajstić information content (AvgIpc) is 2.30. The molecule has 1 aromatic carbocycles. The molecule has 0 amide bonds. The van der Waals surface area contributed by atoms with Gasteiger partial charge < -0.3 is 0 Å². The Balaban J connectivity index is 3.50. The minimum absolute atomic E-state index is 0.436. The van der Waals surface area contributed by atoms with Crippen LogP contribution in [0.2, 0.25) is 0 Å². The Labute approximate surface area is 117 Å². The van der Waals surface area contributed by atoms with Crippen molar-refractivity contribution in [2.45, 2.75) is 38.1 Å². The maximum Gasteiger partial charge on any atom is 0.289 e. The number of hydrogen-bond acceptors (Lipinski definition) is 5. The summed E-state index contributed by atoms with van der Waals surface area (Å²) in [7, 11) is -4.16. The van der Waals surface area contributed by atoms with Gasteiger partial charge in [0.15, 0.2) is 4.90 Å². The molecule has 0 radical (unpaired) electrons. The number of nitrogens with one attached hydrogen (secondary N) is 1. The van der Waals surface area contributed by atoms with Gasteiger partial charge in [0.25, 0.3) is 5.69 Å². The highest BCUT2D eigenvalue weighted by Crippen LogP contribution is 2.28. The number of rotatable bonds is 4. The number of nitro benzene ring substituents is 1. The van der Waals surface area contributed by atoms with Crippen LogP contribution in [-0.2, 0) is 10.0 Å². The predicted octanol–water partition coefficient (Wildman–Crippen LogP) is 1.79. The lowest BCUT2D eigenvalue weighted by atomic mass is 10.1. The summed E-state index contributed by atoms with van der Waals surface area (Å²) in [4.78, 5) is 9.83. The van der Waals surface area contributed by atoms with Gasteiger partial charge in [0.2, 0.25) is 10.0 Å². The quantitative estimate of drug-likeness (QED) is 0.672. The van der Waals surface area contributed by atoms with Crippen molar-refractivity contribution in [3.8, 4) is 6.07 Å². The normalized spacial score (nSPS) is 11.9. The van der Waals surface area contributed by atoms with Gasteiger partial charge in [-0.2, -0.15) is 9.98 Å². The summed E-state index contributed by atoms with van der Waals surface area (Å²) in [5, 5.41) is 19.9. The average molecular weight is 297 g/mol. The van der Waals surface area contributed by atoms with Crippen LogP contribution in [0.3, 0.4) is 0 Å². The first kappa shape index (κ1) is 16.1. The number of hydrogen-bond donors (Lipinski definition) is 1. The standard InChI is InChI=1S/C12H15N3O4S/c1-8-5-10(15(16)17)11(6-9(8)2)20(18,19)14-12(3,4)7-13/h5-6,14H,1-4H3.